The maximum atomic E-state index is 13.6. The van der Waals surface area contributed by atoms with Crippen molar-refractivity contribution in [2.45, 2.75) is 51.0 Å². The Kier molecular flexibility index (Phi) is 4.73. The predicted molar refractivity (Wildman–Crippen MR) is 72.3 cm³/mol. The largest absolute Gasteiger partial charge is 0.309 e. The Balaban J connectivity index is 2.08. The number of nitrogens with one attached hydrogen (secondary N) is 1. The molecule has 4 heteroatoms. The zero-order valence-electron chi connectivity index (χ0n) is 10.8. The number of alkyl halides is 2. The van der Waals surface area contributed by atoms with Crippen LogP contribution in [0.5, 0.6) is 0 Å². The SMILES string of the molecule is CCCNC(c1cccs1)C1CCCC(F)(F)C1. The lowest BCUT2D eigenvalue weighted by molar-refractivity contribution is -0.0581. The molecule has 1 fully saturated rings. The van der Waals surface area contributed by atoms with E-state index in [4.69, 9.17) is 0 Å². The molecule has 0 bridgehead atoms. The first-order chi connectivity index (χ1) is 8.62. The molecule has 102 valence electrons. The predicted octanol–water partition coefficient (Wildman–Crippen LogP) is 4.61. The first-order valence-electron chi connectivity index (χ1n) is 6.77. The first kappa shape index (κ1) is 13.9. The van der Waals surface area contributed by atoms with Crippen molar-refractivity contribution in [3.8, 4) is 0 Å². The minimum Gasteiger partial charge on any atom is -0.309 e. The van der Waals surface area contributed by atoms with E-state index in [0.717, 1.165) is 19.4 Å². The van der Waals surface area contributed by atoms with Crippen molar-refractivity contribution in [3.63, 3.8) is 0 Å². The van der Waals surface area contributed by atoms with Crippen LogP contribution in [-0.4, -0.2) is 12.5 Å². The van der Waals surface area contributed by atoms with Gasteiger partial charge in [0.15, 0.2) is 0 Å². The van der Waals surface area contributed by atoms with Gasteiger partial charge in [-0.2, -0.15) is 0 Å². The Morgan fingerprint density at radius 3 is 3.00 bits per heavy atom. The Hall–Kier alpha value is -0.480. The molecule has 2 unspecified atom stereocenters. The summed E-state index contributed by atoms with van der Waals surface area (Å²) in [5, 5.41) is 5.48. The number of hydrogen-bond acceptors (Lipinski definition) is 2. The van der Waals surface area contributed by atoms with Gasteiger partial charge in [-0.05, 0) is 43.2 Å². The van der Waals surface area contributed by atoms with Crippen LogP contribution in [-0.2, 0) is 0 Å². The van der Waals surface area contributed by atoms with E-state index >= 15 is 0 Å². The minimum absolute atomic E-state index is 0.0340. The molecule has 1 N–H and O–H groups in total. The van der Waals surface area contributed by atoms with E-state index in [1.54, 1.807) is 11.3 Å². The molecule has 1 nitrogen and oxygen atoms in total. The van der Waals surface area contributed by atoms with Crippen molar-refractivity contribution in [2.75, 3.05) is 6.54 Å². The second-order valence-corrected chi connectivity index (χ2v) is 6.14. The first-order valence-corrected chi connectivity index (χ1v) is 7.65. The van der Waals surface area contributed by atoms with Crippen molar-refractivity contribution in [2.24, 2.45) is 5.92 Å². The summed E-state index contributed by atoms with van der Waals surface area (Å²) in [5.41, 5.74) is 0. The Bertz CT molecular complexity index is 351. The van der Waals surface area contributed by atoms with Gasteiger partial charge in [-0.15, -0.1) is 11.3 Å². The van der Waals surface area contributed by atoms with Crippen LogP contribution in [0.3, 0.4) is 0 Å². The Labute approximate surface area is 112 Å². The summed E-state index contributed by atoms with van der Waals surface area (Å²) in [6, 6.07) is 4.17. The summed E-state index contributed by atoms with van der Waals surface area (Å²) < 4.78 is 27.1. The molecule has 1 aliphatic carbocycles. The second kappa shape index (κ2) is 6.11. The average molecular weight is 273 g/mol. The van der Waals surface area contributed by atoms with E-state index in [0.29, 0.717) is 6.42 Å². The third kappa shape index (κ3) is 3.51. The molecule has 0 saturated heterocycles. The van der Waals surface area contributed by atoms with Gasteiger partial charge in [0.2, 0.25) is 5.92 Å². The summed E-state index contributed by atoms with van der Waals surface area (Å²) in [6.07, 6.45) is 2.69. The van der Waals surface area contributed by atoms with Crippen LogP contribution in [0, 0.1) is 5.92 Å². The monoisotopic (exact) mass is 273 g/mol. The molecule has 1 saturated carbocycles. The lowest BCUT2D eigenvalue weighted by Gasteiger charge is -2.34. The zero-order valence-corrected chi connectivity index (χ0v) is 11.6. The van der Waals surface area contributed by atoms with Gasteiger partial charge in [0, 0.05) is 23.8 Å². The minimum atomic E-state index is -2.47. The summed E-state index contributed by atoms with van der Waals surface area (Å²) >= 11 is 1.67. The van der Waals surface area contributed by atoms with Gasteiger partial charge in [0.1, 0.15) is 0 Å². The van der Waals surface area contributed by atoms with Gasteiger partial charge >= 0.3 is 0 Å². The zero-order chi connectivity index (χ0) is 13.0. The van der Waals surface area contributed by atoms with Crippen LogP contribution in [0.25, 0.3) is 0 Å². The number of thiophene rings is 1. The quantitative estimate of drug-likeness (QED) is 0.825. The van der Waals surface area contributed by atoms with Gasteiger partial charge in [-0.25, -0.2) is 8.78 Å². The molecular formula is C14H21F2NS. The number of halogens is 2. The van der Waals surface area contributed by atoms with Gasteiger partial charge in [0.05, 0.1) is 0 Å². The highest BCUT2D eigenvalue weighted by atomic mass is 32.1. The summed E-state index contributed by atoms with van der Waals surface area (Å²) in [5.74, 6) is -2.40. The van der Waals surface area contributed by atoms with Gasteiger partial charge in [-0.3, -0.25) is 0 Å². The fourth-order valence-corrected chi connectivity index (χ4v) is 3.66. The molecule has 1 heterocycles. The van der Waals surface area contributed by atoms with Crippen molar-refractivity contribution in [1.29, 1.82) is 0 Å². The molecule has 0 radical (unpaired) electrons. The highest BCUT2D eigenvalue weighted by molar-refractivity contribution is 7.10. The molecule has 18 heavy (non-hydrogen) atoms. The second-order valence-electron chi connectivity index (χ2n) is 5.16. The van der Waals surface area contributed by atoms with Crippen molar-refractivity contribution >= 4 is 11.3 Å². The fourth-order valence-electron chi connectivity index (χ4n) is 2.76. The van der Waals surface area contributed by atoms with E-state index in [2.05, 4.69) is 18.3 Å². The molecule has 1 aliphatic rings. The van der Waals surface area contributed by atoms with E-state index in [9.17, 15) is 8.78 Å². The van der Waals surface area contributed by atoms with Crippen LogP contribution in [0.2, 0.25) is 0 Å². The molecular weight excluding hydrogens is 252 g/mol. The van der Waals surface area contributed by atoms with Crippen LogP contribution < -0.4 is 5.32 Å². The summed E-state index contributed by atoms with van der Waals surface area (Å²) in [7, 11) is 0. The van der Waals surface area contributed by atoms with Gasteiger partial charge in [-0.1, -0.05) is 13.0 Å². The van der Waals surface area contributed by atoms with Crippen LogP contribution >= 0.6 is 11.3 Å². The van der Waals surface area contributed by atoms with Crippen molar-refractivity contribution in [1.82, 2.24) is 5.32 Å². The maximum absolute atomic E-state index is 13.6. The van der Waals surface area contributed by atoms with Crippen molar-refractivity contribution in [3.05, 3.63) is 22.4 Å². The highest BCUT2D eigenvalue weighted by Gasteiger charge is 2.39. The maximum Gasteiger partial charge on any atom is 0.248 e. The highest BCUT2D eigenvalue weighted by Crippen LogP contribution is 2.42. The molecule has 1 aromatic heterocycles. The third-order valence-corrected chi connectivity index (χ3v) is 4.57. The molecule has 0 amide bonds. The molecule has 0 aromatic carbocycles. The van der Waals surface area contributed by atoms with Gasteiger partial charge < -0.3 is 5.32 Å². The molecule has 2 rings (SSSR count). The normalized spacial score (nSPS) is 24.9. The van der Waals surface area contributed by atoms with E-state index in [1.807, 2.05) is 11.4 Å². The summed E-state index contributed by atoms with van der Waals surface area (Å²) in [4.78, 5) is 1.20. The molecule has 0 spiro atoms. The van der Waals surface area contributed by atoms with E-state index < -0.39 is 5.92 Å². The van der Waals surface area contributed by atoms with E-state index in [-0.39, 0.29) is 24.8 Å². The third-order valence-electron chi connectivity index (χ3n) is 3.61. The average Bonchev–Trinajstić information content (AvgIpc) is 2.82. The Morgan fingerprint density at radius 1 is 1.56 bits per heavy atom. The topological polar surface area (TPSA) is 12.0 Å². The van der Waals surface area contributed by atoms with Crippen LogP contribution in [0.15, 0.2) is 17.5 Å². The molecule has 1 aromatic rings. The lowest BCUT2D eigenvalue weighted by atomic mass is 9.81. The fraction of sp³-hybridized carbons (Fsp3) is 0.714. The van der Waals surface area contributed by atoms with Crippen LogP contribution in [0.4, 0.5) is 8.78 Å². The van der Waals surface area contributed by atoms with Gasteiger partial charge in [0.25, 0.3) is 0 Å². The number of hydrogen-bond donors (Lipinski definition) is 1. The van der Waals surface area contributed by atoms with Crippen LogP contribution in [0.1, 0.15) is 49.9 Å². The lowest BCUT2D eigenvalue weighted by Crippen LogP contribution is -2.35. The van der Waals surface area contributed by atoms with Crippen molar-refractivity contribution < 1.29 is 8.78 Å². The Morgan fingerprint density at radius 2 is 2.39 bits per heavy atom. The molecule has 2 atom stereocenters. The summed E-state index contributed by atoms with van der Waals surface area (Å²) in [6.45, 7) is 3.00. The van der Waals surface area contributed by atoms with E-state index in [1.165, 1.54) is 4.88 Å². The number of rotatable bonds is 5. The smallest absolute Gasteiger partial charge is 0.248 e. The molecule has 0 aliphatic heterocycles. The standard InChI is InChI=1S/C14H21F2NS/c1-2-8-17-13(12-6-4-9-18-12)11-5-3-7-14(15,16)10-11/h4,6,9,11,13,17H,2-3,5,7-8,10H2,1H3.